The molecule has 0 aromatic rings. The van der Waals surface area contributed by atoms with E-state index in [4.69, 9.17) is 4.74 Å². The zero-order valence-corrected chi connectivity index (χ0v) is 16.8. The number of carbonyl (C=O) groups is 3. The minimum Gasteiger partial charge on any atom is -0.458 e. The monoisotopic (exact) mass is 372 g/mol. The van der Waals surface area contributed by atoms with E-state index in [1.807, 2.05) is 6.08 Å². The SMILES string of the molecule is CC(=O)OCC(=O)[C@H]1CC[C@H]2[C@@H]3C[C@H](C)C4=CC(=O)CC[C@@H]4[C@H]3CC[C@]12C. The average Bonchev–Trinajstić information content (AvgIpc) is 2.97. The number of ketones is 2. The summed E-state index contributed by atoms with van der Waals surface area (Å²) in [6.45, 7) is 5.90. The van der Waals surface area contributed by atoms with Gasteiger partial charge in [0.15, 0.2) is 11.6 Å². The molecule has 7 atom stereocenters. The molecule has 0 spiro atoms. The highest BCUT2D eigenvalue weighted by atomic mass is 16.5. The van der Waals surface area contributed by atoms with Gasteiger partial charge < -0.3 is 4.74 Å². The van der Waals surface area contributed by atoms with E-state index in [1.165, 1.54) is 12.5 Å². The van der Waals surface area contributed by atoms with E-state index in [0.29, 0.717) is 41.8 Å². The fraction of sp³-hybridized carbons (Fsp3) is 0.783. The van der Waals surface area contributed by atoms with Crippen molar-refractivity contribution in [3.05, 3.63) is 11.6 Å². The molecule has 3 fully saturated rings. The predicted octanol–water partition coefficient (Wildman–Crippen LogP) is 4.12. The molecule has 0 heterocycles. The molecule has 0 saturated heterocycles. The summed E-state index contributed by atoms with van der Waals surface area (Å²) in [5.41, 5.74) is 1.46. The van der Waals surface area contributed by atoms with Crippen molar-refractivity contribution >= 4 is 17.5 Å². The number of allylic oxidation sites excluding steroid dienone is 1. The molecule has 0 bridgehead atoms. The molecule has 4 heteroatoms. The Morgan fingerprint density at radius 1 is 1.19 bits per heavy atom. The zero-order valence-electron chi connectivity index (χ0n) is 16.8. The molecule has 0 unspecified atom stereocenters. The van der Waals surface area contributed by atoms with Crippen LogP contribution in [0, 0.1) is 40.9 Å². The van der Waals surface area contributed by atoms with E-state index in [2.05, 4.69) is 13.8 Å². The minimum absolute atomic E-state index is 0.0305. The van der Waals surface area contributed by atoms with Crippen molar-refractivity contribution in [3.8, 4) is 0 Å². The smallest absolute Gasteiger partial charge is 0.303 e. The van der Waals surface area contributed by atoms with Gasteiger partial charge in [0, 0.05) is 19.3 Å². The number of hydrogen-bond acceptors (Lipinski definition) is 4. The summed E-state index contributed by atoms with van der Waals surface area (Å²) in [6, 6.07) is 0. The van der Waals surface area contributed by atoms with Crippen molar-refractivity contribution in [1.82, 2.24) is 0 Å². The van der Waals surface area contributed by atoms with Crippen LogP contribution in [0.4, 0.5) is 0 Å². The second-order valence-electron chi connectivity index (χ2n) is 9.75. The fourth-order valence-corrected chi connectivity index (χ4v) is 7.30. The summed E-state index contributed by atoms with van der Waals surface area (Å²) >= 11 is 0. The molecule has 148 valence electrons. The zero-order chi connectivity index (χ0) is 19.3. The summed E-state index contributed by atoms with van der Waals surface area (Å²) in [5, 5.41) is 0. The second-order valence-corrected chi connectivity index (χ2v) is 9.75. The highest BCUT2D eigenvalue weighted by molar-refractivity contribution is 5.91. The molecular weight excluding hydrogens is 340 g/mol. The third kappa shape index (κ3) is 3.09. The molecule has 0 N–H and O–H groups in total. The van der Waals surface area contributed by atoms with Gasteiger partial charge in [-0.3, -0.25) is 14.4 Å². The number of ether oxygens (including phenoxy) is 1. The van der Waals surface area contributed by atoms with Crippen LogP contribution < -0.4 is 0 Å². The van der Waals surface area contributed by atoms with Crippen LogP contribution >= 0.6 is 0 Å². The van der Waals surface area contributed by atoms with Crippen LogP contribution in [0.1, 0.15) is 65.7 Å². The van der Waals surface area contributed by atoms with Crippen LogP contribution in [0.25, 0.3) is 0 Å². The largest absolute Gasteiger partial charge is 0.458 e. The van der Waals surface area contributed by atoms with Crippen molar-refractivity contribution < 1.29 is 19.1 Å². The van der Waals surface area contributed by atoms with Crippen molar-refractivity contribution in [1.29, 1.82) is 0 Å². The summed E-state index contributed by atoms with van der Waals surface area (Å²) in [4.78, 5) is 35.8. The molecule has 4 aliphatic carbocycles. The number of esters is 1. The van der Waals surface area contributed by atoms with Gasteiger partial charge in [-0.25, -0.2) is 0 Å². The quantitative estimate of drug-likeness (QED) is 0.699. The van der Waals surface area contributed by atoms with Gasteiger partial charge in [0.05, 0.1) is 0 Å². The normalized spacial score (nSPS) is 43.2. The topological polar surface area (TPSA) is 60.4 Å². The summed E-state index contributed by atoms with van der Waals surface area (Å²) in [6.07, 6.45) is 9.15. The number of Topliss-reactive ketones (excluding diaryl/α,β-unsaturated/α-hetero) is 1. The van der Waals surface area contributed by atoms with Gasteiger partial charge in [-0.1, -0.05) is 19.4 Å². The van der Waals surface area contributed by atoms with Gasteiger partial charge in [0.25, 0.3) is 0 Å². The summed E-state index contributed by atoms with van der Waals surface area (Å²) in [7, 11) is 0. The molecule has 0 amide bonds. The summed E-state index contributed by atoms with van der Waals surface area (Å²) in [5.74, 6) is 3.08. The summed E-state index contributed by atoms with van der Waals surface area (Å²) < 4.78 is 5.02. The Balaban J connectivity index is 1.55. The van der Waals surface area contributed by atoms with Crippen molar-refractivity contribution in [2.24, 2.45) is 40.9 Å². The van der Waals surface area contributed by atoms with E-state index in [9.17, 15) is 14.4 Å². The maximum absolute atomic E-state index is 12.8. The van der Waals surface area contributed by atoms with Gasteiger partial charge in [-0.15, -0.1) is 0 Å². The fourth-order valence-electron chi connectivity index (χ4n) is 7.30. The van der Waals surface area contributed by atoms with E-state index >= 15 is 0 Å². The van der Waals surface area contributed by atoms with Gasteiger partial charge in [-0.2, -0.15) is 0 Å². The lowest BCUT2D eigenvalue weighted by molar-refractivity contribution is -0.149. The Kier molecular flexibility index (Phi) is 4.80. The Morgan fingerprint density at radius 2 is 1.96 bits per heavy atom. The average molecular weight is 373 g/mol. The maximum Gasteiger partial charge on any atom is 0.303 e. The first-order valence-electron chi connectivity index (χ1n) is 10.7. The van der Waals surface area contributed by atoms with Crippen LogP contribution in [0.3, 0.4) is 0 Å². The molecule has 0 aromatic carbocycles. The van der Waals surface area contributed by atoms with E-state index in [0.717, 1.165) is 38.5 Å². The number of rotatable bonds is 3. The second kappa shape index (κ2) is 6.86. The van der Waals surface area contributed by atoms with Crippen LogP contribution in [-0.4, -0.2) is 24.1 Å². The van der Waals surface area contributed by atoms with Gasteiger partial charge in [-0.05, 0) is 79.6 Å². The maximum atomic E-state index is 12.8. The standard InChI is InChI=1S/C23H32O4/c1-13-10-19-17(16-5-4-15(25)11-18(13)16)8-9-23(3)20(19)6-7-21(23)22(26)12-27-14(2)24/h11,13,16-17,19-21H,4-10,12H2,1-3H3/t13-,16+,17+,19+,20-,21+,23-/m0/s1. The van der Waals surface area contributed by atoms with E-state index in [-0.39, 0.29) is 29.7 Å². The van der Waals surface area contributed by atoms with Gasteiger partial charge >= 0.3 is 5.97 Å². The molecule has 0 radical (unpaired) electrons. The molecule has 0 aliphatic heterocycles. The van der Waals surface area contributed by atoms with Crippen LogP contribution in [0.2, 0.25) is 0 Å². The number of fused-ring (bicyclic) bond motifs is 5. The Hall–Kier alpha value is -1.45. The third-order valence-electron chi connectivity index (χ3n) is 8.47. The Bertz CT molecular complexity index is 692. The Morgan fingerprint density at radius 3 is 2.70 bits per heavy atom. The van der Waals surface area contributed by atoms with Crippen LogP contribution in [-0.2, 0) is 19.1 Å². The highest BCUT2D eigenvalue weighted by Crippen LogP contribution is 2.64. The lowest BCUT2D eigenvalue weighted by Gasteiger charge is -2.55. The molecule has 4 rings (SSSR count). The molecule has 27 heavy (non-hydrogen) atoms. The first-order valence-corrected chi connectivity index (χ1v) is 10.7. The van der Waals surface area contributed by atoms with Crippen molar-refractivity contribution in [3.63, 3.8) is 0 Å². The van der Waals surface area contributed by atoms with Crippen molar-refractivity contribution in [2.75, 3.05) is 6.61 Å². The van der Waals surface area contributed by atoms with Crippen LogP contribution in [0.15, 0.2) is 11.6 Å². The van der Waals surface area contributed by atoms with Crippen molar-refractivity contribution in [2.45, 2.75) is 65.7 Å². The van der Waals surface area contributed by atoms with E-state index in [1.54, 1.807) is 0 Å². The van der Waals surface area contributed by atoms with Gasteiger partial charge in [0.1, 0.15) is 6.61 Å². The molecule has 4 nitrogen and oxygen atoms in total. The minimum atomic E-state index is -0.376. The number of carbonyl (C=O) groups excluding carboxylic acids is 3. The highest BCUT2D eigenvalue weighted by Gasteiger charge is 2.58. The molecule has 3 saturated carbocycles. The third-order valence-corrected chi connectivity index (χ3v) is 8.47. The van der Waals surface area contributed by atoms with E-state index < -0.39 is 0 Å². The Labute approximate surface area is 162 Å². The number of hydrogen-bond donors (Lipinski definition) is 0. The van der Waals surface area contributed by atoms with Gasteiger partial charge in [0.2, 0.25) is 0 Å². The molecule has 0 aromatic heterocycles. The molecule has 4 aliphatic rings. The first kappa shape index (κ1) is 18.9. The lowest BCUT2D eigenvalue weighted by Crippen LogP contribution is -2.49. The molecular formula is C23H32O4. The first-order chi connectivity index (χ1) is 12.8. The predicted molar refractivity (Wildman–Crippen MR) is 102 cm³/mol. The van der Waals surface area contributed by atoms with Crippen LogP contribution in [0.5, 0.6) is 0 Å². The lowest BCUT2D eigenvalue weighted by atomic mass is 9.49.